The van der Waals surface area contributed by atoms with Crippen LogP contribution < -0.4 is 5.32 Å². The zero-order chi connectivity index (χ0) is 13.5. The van der Waals surface area contributed by atoms with E-state index in [0.717, 1.165) is 23.4 Å². The Bertz CT molecular complexity index is 501. The molecular weight excluding hydrogens is 224 g/mol. The second kappa shape index (κ2) is 4.32. The van der Waals surface area contributed by atoms with E-state index in [9.17, 15) is 5.11 Å². The van der Waals surface area contributed by atoms with Gasteiger partial charge in [0.15, 0.2) is 0 Å². The van der Waals surface area contributed by atoms with E-state index in [1.807, 2.05) is 20.2 Å². The largest absolute Gasteiger partial charge is 0.508 e. The van der Waals surface area contributed by atoms with Crippen molar-refractivity contribution in [2.45, 2.75) is 32.9 Å². The Hall–Kier alpha value is -1.48. The van der Waals surface area contributed by atoms with Gasteiger partial charge in [0.1, 0.15) is 5.75 Å². The van der Waals surface area contributed by atoms with Crippen molar-refractivity contribution in [1.29, 1.82) is 0 Å². The van der Waals surface area contributed by atoms with Crippen LogP contribution in [-0.4, -0.2) is 29.6 Å². The van der Waals surface area contributed by atoms with E-state index in [0.29, 0.717) is 5.75 Å². The van der Waals surface area contributed by atoms with Crippen LogP contribution in [0.1, 0.15) is 31.9 Å². The number of phenols is 1. The summed E-state index contributed by atoms with van der Waals surface area (Å²) in [6.45, 7) is 7.13. The van der Waals surface area contributed by atoms with Gasteiger partial charge in [-0.15, -0.1) is 0 Å². The minimum Gasteiger partial charge on any atom is -0.508 e. The Morgan fingerprint density at radius 3 is 2.56 bits per heavy atom. The van der Waals surface area contributed by atoms with Gasteiger partial charge in [-0.3, -0.25) is 0 Å². The predicted molar refractivity (Wildman–Crippen MR) is 76.9 cm³/mol. The molecule has 1 aliphatic rings. The van der Waals surface area contributed by atoms with Crippen LogP contribution in [0.4, 0.5) is 5.69 Å². The molecule has 1 heterocycles. The monoisotopic (exact) mass is 246 g/mol. The third kappa shape index (κ3) is 2.51. The second-order valence-electron chi connectivity index (χ2n) is 5.94. The average Bonchev–Trinajstić information content (AvgIpc) is 2.18. The Labute approximate surface area is 109 Å². The second-order valence-corrected chi connectivity index (χ2v) is 5.94. The Kier molecular flexibility index (Phi) is 3.11. The molecule has 0 saturated carbocycles. The Morgan fingerprint density at radius 2 is 1.94 bits per heavy atom. The van der Waals surface area contributed by atoms with Crippen molar-refractivity contribution in [2.24, 2.45) is 0 Å². The Morgan fingerprint density at radius 1 is 1.28 bits per heavy atom. The first-order valence-corrected chi connectivity index (χ1v) is 6.27. The third-order valence-electron chi connectivity index (χ3n) is 3.16. The first-order valence-electron chi connectivity index (χ1n) is 6.27. The van der Waals surface area contributed by atoms with E-state index < -0.39 is 0 Å². The summed E-state index contributed by atoms with van der Waals surface area (Å²) in [7, 11) is 4.00. The number of aromatic hydroxyl groups is 1. The SMILES string of the molecule is CC1=CC(C)(C)Nc2cc(CN(C)C)c(O)cc21. The highest BCUT2D eigenvalue weighted by Crippen LogP contribution is 2.37. The van der Waals surface area contributed by atoms with Gasteiger partial charge in [-0.05, 0) is 52.6 Å². The molecule has 0 aromatic heterocycles. The van der Waals surface area contributed by atoms with Crippen LogP contribution in [0.15, 0.2) is 18.2 Å². The van der Waals surface area contributed by atoms with Gasteiger partial charge in [-0.1, -0.05) is 6.08 Å². The van der Waals surface area contributed by atoms with Gasteiger partial charge >= 0.3 is 0 Å². The lowest BCUT2D eigenvalue weighted by molar-refractivity contribution is 0.386. The number of phenolic OH excluding ortho intramolecular Hbond substituents is 1. The molecule has 1 aromatic rings. The van der Waals surface area contributed by atoms with E-state index in [1.54, 1.807) is 0 Å². The number of nitrogens with one attached hydrogen (secondary N) is 1. The maximum Gasteiger partial charge on any atom is 0.120 e. The van der Waals surface area contributed by atoms with Crippen molar-refractivity contribution in [2.75, 3.05) is 19.4 Å². The van der Waals surface area contributed by atoms with Crippen LogP contribution >= 0.6 is 0 Å². The number of benzene rings is 1. The molecule has 0 saturated heterocycles. The van der Waals surface area contributed by atoms with Crippen LogP contribution in [0.5, 0.6) is 5.75 Å². The van der Waals surface area contributed by atoms with Crippen molar-refractivity contribution >= 4 is 11.3 Å². The standard InChI is InChI=1S/C15H22N2O/c1-10-8-15(2,3)16-13-6-11(9-17(4)5)14(18)7-12(10)13/h6-8,16,18H,9H2,1-5H3. The van der Waals surface area contributed by atoms with E-state index in [1.165, 1.54) is 5.57 Å². The molecule has 0 radical (unpaired) electrons. The minimum absolute atomic E-state index is 0.0383. The number of anilines is 1. The normalized spacial score (nSPS) is 17.1. The van der Waals surface area contributed by atoms with Crippen LogP contribution in [0.2, 0.25) is 0 Å². The van der Waals surface area contributed by atoms with E-state index in [4.69, 9.17) is 0 Å². The highest BCUT2D eigenvalue weighted by atomic mass is 16.3. The number of nitrogens with zero attached hydrogens (tertiary/aromatic N) is 1. The number of hydrogen-bond acceptors (Lipinski definition) is 3. The molecule has 2 rings (SSSR count). The van der Waals surface area contributed by atoms with Crippen LogP contribution in [0, 0.1) is 0 Å². The van der Waals surface area contributed by atoms with E-state index in [2.05, 4.69) is 43.1 Å². The molecular formula is C15H22N2O. The lowest BCUT2D eigenvalue weighted by Crippen LogP contribution is -2.31. The van der Waals surface area contributed by atoms with Crippen molar-refractivity contribution in [3.05, 3.63) is 29.3 Å². The van der Waals surface area contributed by atoms with Gasteiger partial charge in [-0.2, -0.15) is 0 Å². The van der Waals surface area contributed by atoms with Crippen molar-refractivity contribution < 1.29 is 5.11 Å². The number of allylic oxidation sites excluding steroid dienone is 1. The molecule has 1 aliphatic heterocycles. The maximum absolute atomic E-state index is 10.1. The molecule has 0 atom stereocenters. The highest BCUT2D eigenvalue weighted by molar-refractivity contribution is 5.81. The predicted octanol–water partition coefficient (Wildman–Crippen LogP) is 3.06. The van der Waals surface area contributed by atoms with Gasteiger partial charge in [0.25, 0.3) is 0 Å². The number of rotatable bonds is 2. The quantitative estimate of drug-likeness (QED) is 0.787. The van der Waals surface area contributed by atoms with Crippen molar-refractivity contribution in [3.63, 3.8) is 0 Å². The summed E-state index contributed by atoms with van der Waals surface area (Å²) in [6.07, 6.45) is 2.19. The summed E-state index contributed by atoms with van der Waals surface area (Å²) in [5.41, 5.74) is 4.32. The van der Waals surface area contributed by atoms with E-state index >= 15 is 0 Å². The van der Waals surface area contributed by atoms with Crippen molar-refractivity contribution in [3.8, 4) is 5.75 Å². The van der Waals surface area contributed by atoms with Gasteiger partial charge in [0, 0.05) is 23.4 Å². The van der Waals surface area contributed by atoms with Crippen LogP contribution in [-0.2, 0) is 6.54 Å². The zero-order valence-electron chi connectivity index (χ0n) is 11.8. The topological polar surface area (TPSA) is 35.5 Å². The third-order valence-corrected chi connectivity index (χ3v) is 3.16. The summed E-state index contributed by atoms with van der Waals surface area (Å²) in [5, 5.41) is 13.6. The molecule has 2 N–H and O–H groups in total. The average molecular weight is 246 g/mol. The molecule has 0 aliphatic carbocycles. The molecule has 0 fully saturated rings. The molecule has 1 aromatic carbocycles. The lowest BCUT2D eigenvalue weighted by Gasteiger charge is -2.32. The van der Waals surface area contributed by atoms with Gasteiger partial charge < -0.3 is 15.3 Å². The molecule has 3 nitrogen and oxygen atoms in total. The fourth-order valence-electron chi connectivity index (χ4n) is 2.53. The zero-order valence-corrected chi connectivity index (χ0v) is 11.8. The van der Waals surface area contributed by atoms with Gasteiger partial charge in [-0.25, -0.2) is 0 Å². The first-order chi connectivity index (χ1) is 8.28. The highest BCUT2D eigenvalue weighted by Gasteiger charge is 2.23. The molecule has 0 spiro atoms. The van der Waals surface area contributed by atoms with Crippen LogP contribution in [0.3, 0.4) is 0 Å². The van der Waals surface area contributed by atoms with E-state index in [-0.39, 0.29) is 5.54 Å². The molecule has 0 bridgehead atoms. The first kappa shape index (κ1) is 13.0. The summed E-state index contributed by atoms with van der Waals surface area (Å²) in [5.74, 6) is 0.372. The van der Waals surface area contributed by atoms with Crippen molar-refractivity contribution in [1.82, 2.24) is 4.90 Å². The molecule has 98 valence electrons. The fourth-order valence-corrected chi connectivity index (χ4v) is 2.53. The summed E-state index contributed by atoms with van der Waals surface area (Å²) < 4.78 is 0. The van der Waals surface area contributed by atoms with Crippen LogP contribution in [0.25, 0.3) is 5.57 Å². The Balaban J connectivity index is 2.47. The number of hydrogen-bond donors (Lipinski definition) is 2. The minimum atomic E-state index is -0.0383. The number of fused-ring (bicyclic) bond motifs is 1. The van der Waals surface area contributed by atoms with Gasteiger partial charge in [0.05, 0.1) is 5.54 Å². The summed E-state index contributed by atoms with van der Waals surface area (Å²) in [4.78, 5) is 2.05. The van der Waals surface area contributed by atoms with Gasteiger partial charge in [0.2, 0.25) is 0 Å². The molecule has 0 amide bonds. The lowest BCUT2D eigenvalue weighted by atomic mass is 9.90. The summed E-state index contributed by atoms with van der Waals surface area (Å²) >= 11 is 0. The molecule has 0 unspecified atom stereocenters. The fraction of sp³-hybridized carbons (Fsp3) is 0.467. The smallest absolute Gasteiger partial charge is 0.120 e. The maximum atomic E-state index is 10.1. The molecule has 18 heavy (non-hydrogen) atoms. The molecule has 3 heteroatoms. The summed E-state index contributed by atoms with van der Waals surface area (Å²) in [6, 6.07) is 3.92.